The molecule has 0 aliphatic heterocycles. The summed E-state index contributed by atoms with van der Waals surface area (Å²) < 4.78 is 4.69. The van der Waals surface area contributed by atoms with Gasteiger partial charge in [0.2, 0.25) is 0 Å². The van der Waals surface area contributed by atoms with E-state index in [9.17, 15) is 9.59 Å². The lowest BCUT2D eigenvalue weighted by atomic mass is 10.3. The Kier molecular flexibility index (Phi) is 8.08. The Balaban J connectivity index is 3.86. The molecule has 3 N–H and O–H groups in total. The molecular weight excluding hydrogens is 226 g/mol. The Morgan fingerprint density at radius 1 is 1.47 bits per heavy atom. The van der Waals surface area contributed by atoms with E-state index in [1.54, 1.807) is 0 Å². The van der Waals surface area contributed by atoms with Crippen LogP contribution in [-0.2, 0) is 9.53 Å². The van der Waals surface area contributed by atoms with Gasteiger partial charge in [0.15, 0.2) is 6.04 Å². The van der Waals surface area contributed by atoms with Gasteiger partial charge in [0.05, 0.1) is 6.61 Å². The van der Waals surface area contributed by atoms with Crippen molar-refractivity contribution in [2.75, 3.05) is 40.4 Å². The van der Waals surface area contributed by atoms with Crippen molar-refractivity contribution in [2.24, 2.45) is 0 Å². The number of aliphatic carboxylic acids is 1. The Bertz CT molecular complexity index is 248. The molecule has 1 atom stereocenters. The maximum absolute atomic E-state index is 11.3. The monoisotopic (exact) mass is 247 g/mol. The number of methoxy groups -OCH3 is 1. The average molecular weight is 247 g/mol. The zero-order valence-electron chi connectivity index (χ0n) is 10.5. The summed E-state index contributed by atoms with van der Waals surface area (Å²) in [5.74, 6) is -1.12. The van der Waals surface area contributed by atoms with E-state index in [4.69, 9.17) is 9.84 Å². The standard InChI is InChI=1S/C10H21N3O4/c1-4-13(2)6-5-11-10(16)12-8(7-17-3)9(14)15/h8H,4-7H2,1-3H3,(H,14,15)(H2,11,12,16). The van der Waals surface area contributed by atoms with Crippen LogP contribution in [0.3, 0.4) is 0 Å². The van der Waals surface area contributed by atoms with Crippen LogP contribution in [0.5, 0.6) is 0 Å². The molecule has 0 saturated carbocycles. The fourth-order valence-corrected chi connectivity index (χ4v) is 1.07. The van der Waals surface area contributed by atoms with Crippen LogP contribution in [0, 0.1) is 0 Å². The summed E-state index contributed by atoms with van der Waals surface area (Å²) >= 11 is 0. The molecule has 7 heteroatoms. The first-order valence-electron chi connectivity index (χ1n) is 5.45. The van der Waals surface area contributed by atoms with E-state index >= 15 is 0 Å². The largest absolute Gasteiger partial charge is 0.480 e. The average Bonchev–Trinajstić information content (AvgIpc) is 2.28. The molecule has 17 heavy (non-hydrogen) atoms. The normalized spacial score (nSPS) is 12.2. The molecule has 0 heterocycles. The predicted molar refractivity (Wildman–Crippen MR) is 63.0 cm³/mol. The molecule has 0 aromatic heterocycles. The molecule has 100 valence electrons. The van der Waals surface area contributed by atoms with Gasteiger partial charge in [-0.3, -0.25) is 0 Å². The number of carboxylic acid groups (broad SMARTS) is 1. The van der Waals surface area contributed by atoms with Crippen LogP contribution in [0.1, 0.15) is 6.92 Å². The van der Waals surface area contributed by atoms with Crippen molar-refractivity contribution < 1.29 is 19.4 Å². The molecule has 0 rings (SSSR count). The number of hydrogen-bond acceptors (Lipinski definition) is 4. The lowest BCUT2D eigenvalue weighted by molar-refractivity contribution is -0.140. The molecule has 0 radical (unpaired) electrons. The van der Waals surface area contributed by atoms with E-state index in [1.807, 2.05) is 18.9 Å². The van der Waals surface area contributed by atoms with Gasteiger partial charge in [0.1, 0.15) is 0 Å². The second-order valence-electron chi connectivity index (χ2n) is 3.64. The van der Waals surface area contributed by atoms with Crippen molar-refractivity contribution in [3.05, 3.63) is 0 Å². The zero-order chi connectivity index (χ0) is 13.3. The van der Waals surface area contributed by atoms with Gasteiger partial charge in [-0.25, -0.2) is 9.59 Å². The summed E-state index contributed by atoms with van der Waals surface area (Å²) in [7, 11) is 3.32. The van der Waals surface area contributed by atoms with Crippen LogP contribution in [0.15, 0.2) is 0 Å². The maximum atomic E-state index is 11.3. The highest BCUT2D eigenvalue weighted by Crippen LogP contribution is 1.85. The van der Waals surface area contributed by atoms with E-state index in [-0.39, 0.29) is 6.61 Å². The quantitative estimate of drug-likeness (QED) is 0.529. The molecule has 0 aliphatic rings. The molecule has 7 nitrogen and oxygen atoms in total. The first-order valence-corrected chi connectivity index (χ1v) is 5.45. The molecule has 2 amide bonds. The van der Waals surface area contributed by atoms with Crippen molar-refractivity contribution >= 4 is 12.0 Å². The van der Waals surface area contributed by atoms with Crippen LogP contribution in [0.4, 0.5) is 4.79 Å². The molecule has 1 unspecified atom stereocenters. The van der Waals surface area contributed by atoms with Crippen LogP contribution in [0.2, 0.25) is 0 Å². The molecule has 0 spiro atoms. The number of carboxylic acids is 1. The highest BCUT2D eigenvalue weighted by atomic mass is 16.5. The van der Waals surface area contributed by atoms with Crippen LogP contribution in [-0.4, -0.2) is 68.4 Å². The van der Waals surface area contributed by atoms with Crippen molar-refractivity contribution in [1.29, 1.82) is 0 Å². The SMILES string of the molecule is CCN(C)CCNC(=O)NC(COC)C(=O)O. The van der Waals surface area contributed by atoms with Crippen molar-refractivity contribution in [1.82, 2.24) is 15.5 Å². The van der Waals surface area contributed by atoms with E-state index in [1.165, 1.54) is 7.11 Å². The third-order valence-electron chi connectivity index (χ3n) is 2.26. The minimum Gasteiger partial charge on any atom is -0.480 e. The van der Waals surface area contributed by atoms with Crippen molar-refractivity contribution in [3.8, 4) is 0 Å². The van der Waals surface area contributed by atoms with Gasteiger partial charge in [-0.1, -0.05) is 6.92 Å². The smallest absolute Gasteiger partial charge is 0.328 e. The fourth-order valence-electron chi connectivity index (χ4n) is 1.07. The van der Waals surface area contributed by atoms with Gasteiger partial charge >= 0.3 is 12.0 Å². The minimum atomic E-state index is -1.12. The molecule has 0 fully saturated rings. The third-order valence-corrected chi connectivity index (χ3v) is 2.26. The molecule has 0 saturated heterocycles. The van der Waals surface area contributed by atoms with E-state index < -0.39 is 18.0 Å². The van der Waals surface area contributed by atoms with E-state index in [0.717, 1.165) is 6.54 Å². The van der Waals surface area contributed by atoms with E-state index in [0.29, 0.717) is 13.1 Å². The van der Waals surface area contributed by atoms with E-state index in [2.05, 4.69) is 10.6 Å². The zero-order valence-corrected chi connectivity index (χ0v) is 10.5. The van der Waals surface area contributed by atoms with Gasteiger partial charge in [-0.2, -0.15) is 0 Å². The number of urea groups is 1. The number of nitrogens with zero attached hydrogens (tertiary/aromatic N) is 1. The second-order valence-corrected chi connectivity index (χ2v) is 3.64. The summed E-state index contributed by atoms with van der Waals surface area (Å²) in [6.07, 6.45) is 0. The van der Waals surface area contributed by atoms with Crippen LogP contribution >= 0.6 is 0 Å². The molecule has 0 bridgehead atoms. The number of ether oxygens (including phenoxy) is 1. The van der Waals surface area contributed by atoms with Gasteiger partial charge in [0.25, 0.3) is 0 Å². The summed E-state index contributed by atoms with van der Waals surface area (Å²) in [4.78, 5) is 24.1. The summed E-state index contributed by atoms with van der Waals surface area (Å²) in [6, 6.07) is -1.53. The summed E-state index contributed by atoms with van der Waals surface area (Å²) in [5.41, 5.74) is 0. The second kappa shape index (κ2) is 8.77. The maximum Gasteiger partial charge on any atom is 0.328 e. The summed E-state index contributed by atoms with van der Waals surface area (Å²) in [5, 5.41) is 13.7. The molecule has 0 aromatic carbocycles. The Morgan fingerprint density at radius 3 is 2.59 bits per heavy atom. The lowest BCUT2D eigenvalue weighted by Gasteiger charge is -2.16. The third kappa shape index (κ3) is 7.53. The van der Waals surface area contributed by atoms with Crippen LogP contribution in [0.25, 0.3) is 0 Å². The van der Waals surface area contributed by atoms with Gasteiger partial charge < -0.3 is 25.4 Å². The first kappa shape index (κ1) is 15.7. The number of hydrogen-bond donors (Lipinski definition) is 3. The van der Waals surface area contributed by atoms with Crippen molar-refractivity contribution in [3.63, 3.8) is 0 Å². The van der Waals surface area contributed by atoms with Gasteiger partial charge in [0, 0.05) is 20.2 Å². The molecular formula is C10H21N3O4. The fraction of sp³-hybridized carbons (Fsp3) is 0.800. The highest BCUT2D eigenvalue weighted by Gasteiger charge is 2.19. The Morgan fingerprint density at radius 2 is 2.12 bits per heavy atom. The number of rotatable bonds is 8. The van der Waals surface area contributed by atoms with Crippen LogP contribution < -0.4 is 10.6 Å². The van der Waals surface area contributed by atoms with Gasteiger partial charge in [-0.15, -0.1) is 0 Å². The minimum absolute atomic E-state index is 0.0579. The Hall–Kier alpha value is -1.34. The number of likely N-dealkylation sites (N-methyl/N-ethyl adjacent to an activating group) is 1. The topological polar surface area (TPSA) is 90.9 Å². The first-order chi connectivity index (χ1) is 8.01. The van der Waals surface area contributed by atoms with Crippen molar-refractivity contribution in [2.45, 2.75) is 13.0 Å². The number of amides is 2. The summed E-state index contributed by atoms with van der Waals surface area (Å²) in [6.45, 7) is 4.03. The predicted octanol–water partition coefficient (Wildman–Crippen LogP) is -0.663. The number of carbonyl (C=O) groups is 2. The number of carbonyl (C=O) groups excluding carboxylic acids is 1. The van der Waals surface area contributed by atoms with Gasteiger partial charge in [-0.05, 0) is 13.6 Å². The molecule has 0 aromatic rings. The Labute approximate surface area is 101 Å². The molecule has 0 aliphatic carbocycles. The lowest BCUT2D eigenvalue weighted by Crippen LogP contribution is -2.49. The highest BCUT2D eigenvalue weighted by molar-refractivity contribution is 5.82. The number of nitrogens with one attached hydrogen (secondary N) is 2.